The minimum absolute atomic E-state index is 0.492. The Balaban J connectivity index is 1.78. The molecule has 0 heterocycles. The van der Waals surface area contributed by atoms with Crippen LogP contribution < -0.4 is 0 Å². The van der Waals surface area contributed by atoms with Crippen molar-refractivity contribution in [2.75, 3.05) is 0 Å². The van der Waals surface area contributed by atoms with Gasteiger partial charge in [-0.05, 0) is 41.2 Å². The van der Waals surface area contributed by atoms with Gasteiger partial charge in [0.25, 0.3) is 0 Å². The highest BCUT2D eigenvalue weighted by Crippen LogP contribution is 2.30. The molecule has 25 heavy (non-hydrogen) atoms. The second-order valence-corrected chi connectivity index (χ2v) is 6.87. The van der Waals surface area contributed by atoms with Gasteiger partial charge in [-0.15, -0.1) is 0 Å². The van der Waals surface area contributed by atoms with Crippen molar-refractivity contribution in [3.05, 3.63) is 94.5 Å². The van der Waals surface area contributed by atoms with Gasteiger partial charge in [0, 0.05) is 4.47 Å². The van der Waals surface area contributed by atoms with Crippen molar-refractivity contribution in [2.45, 2.75) is 18.8 Å². The summed E-state index contributed by atoms with van der Waals surface area (Å²) in [4.78, 5) is 11.7. The van der Waals surface area contributed by atoms with Crippen molar-refractivity contribution >= 4 is 21.9 Å². The molecule has 0 aliphatic carbocycles. The summed E-state index contributed by atoms with van der Waals surface area (Å²) >= 11 is 3.56. The molecule has 0 saturated heterocycles. The number of aryl methyl sites for hydroxylation is 1. The van der Waals surface area contributed by atoms with E-state index in [4.69, 9.17) is 0 Å². The van der Waals surface area contributed by atoms with Crippen LogP contribution in [0.2, 0.25) is 0 Å². The molecular formula is C22H19BrO2. The fourth-order valence-electron chi connectivity index (χ4n) is 2.98. The van der Waals surface area contributed by atoms with Crippen LogP contribution in [-0.2, 0) is 11.2 Å². The van der Waals surface area contributed by atoms with Crippen LogP contribution in [0, 0.1) is 0 Å². The molecule has 0 spiro atoms. The van der Waals surface area contributed by atoms with E-state index in [9.17, 15) is 9.90 Å². The van der Waals surface area contributed by atoms with Gasteiger partial charge in [0.05, 0.1) is 5.92 Å². The second kappa shape index (κ2) is 8.13. The molecular weight excluding hydrogens is 376 g/mol. The first kappa shape index (κ1) is 17.4. The van der Waals surface area contributed by atoms with Gasteiger partial charge in [0.15, 0.2) is 0 Å². The number of halogens is 1. The third-order valence-electron chi connectivity index (χ3n) is 4.36. The average Bonchev–Trinajstić information content (AvgIpc) is 2.64. The molecule has 126 valence electrons. The van der Waals surface area contributed by atoms with E-state index in [0.717, 1.165) is 27.6 Å². The number of hydrogen-bond acceptors (Lipinski definition) is 1. The van der Waals surface area contributed by atoms with Gasteiger partial charge in [-0.25, -0.2) is 0 Å². The molecule has 3 aromatic carbocycles. The zero-order valence-electron chi connectivity index (χ0n) is 13.7. The SMILES string of the molecule is O=C(O)C(CCc1ccccc1)c1ccc(-c2ccccc2Br)cc1. The highest BCUT2D eigenvalue weighted by atomic mass is 79.9. The summed E-state index contributed by atoms with van der Waals surface area (Å²) in [6, 6.07) is 25.9. The molecule has 3 heteroatoms. The van der Waals surface area contributed by atoms with Gasteiger partial charge in [-0.2, -0.15) is 0 Å². The van der Waals surface area contributed by atoms with E-state index in [1.54, 1.807) is 0 Å². The summed E-state index contributed by atoms with van der Waals surface area (Å²) in [7, 11) is 0. The molecule has 3 aromatic rings. The van der Waals surface area contributed by atoms with E-state index < -0.39 is 11.9 Å². The molecule has 1 unspecified atom stereocenters. The topological polar surface area (TPSA) is 37.3 Å². The highest BCUT2D eigenvalue weighted by Gasteiger charge is 2.19. The lowest BCUT2D eigenvalue weighted by Crippen LogP contribution is -2.12. The molecule has 0 bridgehead atoms. The first-order valence-corrected chi connectivity index (χ1v) is 9.06. The van der Waals surface area contributed by atoms with Crippen molar-refractivity contribution in [3.8, 4) is 11.1 Å². The Kier molecular flexibility index (Phi) is 5.67. The van der Waals surface area contributed by atoms with Crippen molar-refractivity contribution in [1.82, 2.24) is 0 Å². The Morgan fingerprint density at radius 3 is 2.16 bits per heavy atom. The van der Waals surface area contributed by atoms with E-state index in [1.807, 2.05) is 78.9 Å². The van der Waals surface area contributed by atoms with Gasteiger partial charge in [0.1, 0.15) is 0 Å². The molecule has 3 rings (SSSR count). The molecule has 0 amide bonds. The van der Waals surface area contributed by atoms with Crippen molar-refractivity contribution in [1.29, 1.82) is 0 Å². The lowest BCUT2D eigenvalue weighted by molar-refractivity contribution is -0.138. The van der Waals surface area contributed by atoms with E-state index in [2.05, 4.69) is 15.9 Å². The van der Waals surface area contributed by atoms with Crippen LogP contribution in [-0.4, -0.2) is 11.1 Å². The van der Waals surface area contributed by atoms with Crippen LogP contribution in [0.4, 0.5) is 0 Å². The van der Waals surface area contributed by atoms with E-state index in [-0.39, 0.29) is 0 Å². The third kappa shape index (κ3) is 4.37. The van der Waals surface area contributed by atoms with Gasteiger partial charge in [-0.1, -0.05) is 88.7 Å². The summed E-state index contributed by atoms with van der Waals surface area (Å²) in [6.07, 6.45) is 1.34. The summed E-state index contributed by atoms with van der Waals surface area (Å²) in [5.41, 5.74) is 4.19. The maximum Gasteiger partial charge on any atom is 0.310 e. The Bertz CT molecular complexity index is 841. The molecule has 0 fully saturated rings. The number of benzene rings is 3. The predicted molar refractivity (Wildman–Crippen MR) is 105 cm³/mol. The normalized spacial score (nSPS) is 11.9. The zero-order chi connectivity index (χ0) is 17.6. The van der Waals surface area contributed by atoms with Crippen LogP contribution in [0.25, 0.3) is 11.1 Å². The molecule has 2 nitrogen and oxygen atoms in total. The lowest BCUT2D eigenvalue weighted by atomic mass is 9.91. The quantitative estimate of drug-likeness (QED) is 0.563. The zero-order valence-corrected chi connectivity index (χ0v) is 15.3. The molecule has 0 radical (unpaired) electrons. The van der Waals surface area contributed by atoms with E-state index in [1.165, 1.54) is 5.56 Å². The fourth-order valence-corrected chi connectivity index (χ4v) is 3.49. The smallest absolute Gasteiger partial charge is 0.310 e. The summed E-state index contributed by atoms with van der Waals surface area (Å²) < 4.78 is 1.03. The van der Waals surface area contributed by atoms with Crippen LogP contribution in [0.1, 0.15) is 23.5 Å². The van der Waals surface area contributed by atoms with Crippen LogP contribution in [0.5, 0.6) is 0 Å². The lowest BCUT2D eigenvalue weighted by Gasteiger charge is -2.14. The summed E-state index contributed by atoms with van der Waals surface area (Å²) in [5, 5.41) is 9.63. The monoisotopic (exact) mass is 394 g/mol. The van der Waals surface area contributed by atoms with Gasteiger partial charge >= 0.3 is 5.97 Å². The second-order valence-electron chi connectivity index (χ2n) is 6.02. The van der Waals surface area contributed by atoms with Crippen LogP contribution >= 0.6 is 15.9 Å². The summed E-state index contributed by atoms with van der Waals surface area (Å²) in [5.74, 6) is -1.27. The molecule has 0 saturated carbocycles. The fraction of sp³-hybridized carbons (Fsp3) is 0.136. The summed E-state index contributed by atoms with van der Waals surface area (Å²) in [6.45, 7) is 0. The highest BCUT2D eigenvalue weighted by molar-refractivity contribution is 9.10. The maximum atomic E-state index is 11.7. The van der Waals surface area contributed by atoms with E-state index in [0.29, 0.717) is 6.42 Å². The van der Waals surface area contributed by atoms with E-state index >= 15 is 0 Å². The van der Waals surface area contributed by atoms with Gasteiger partial charge in [0.2, 0.25) is 0 Å². The third-order valence-corrected chi connectivity index (χ3v) is 5.05. The van der Waals surface area contributed by atoms with Crippen LogP contribution in [0.15, 0.2) is 83.3 Å². The Morgan fingerprint density at radius 2 is 1.52 bits per heavy atom. The first-order chi connectivity index (χ1) is 12.1. The van der Waals surface area contributed by atoms with Crippen molar-refractivity contribution in [2.24, 2.45) is 0 Å². The minimum Gasteiger partial charge on any atom is -0.481 e. The number of carboxylic acid groups (broad SMARTS) is 1. The predicted octanol–water partition coefficient (Wildman–Crippen LogP) is 5.92. The van der Waals surface area contributed by atoms with Crippen LogP contribution in [0.3, 0.4) is 0 Å². The number of carboxylic acids is 1. The Labute approximate surface area is 156 Å². The molecule has 0 aliphatic heterocycles. The Morgan fingerprint density at radius 1 is 0.880 bits per heavy atom. The first-order valence-electron chi connectivity index (χ1n) is 8.27. The van der Waals surface area contributed by atoms with Gasteiger partial charge in [-0.3, -0.25) is 4.79 Å². The maximum absolute atomic E-state index is 11.7. The molecule has 1 atom stereocenters. The van der Waals surface area contributed by atoms with Crippen molar-refractivity contribution < 1.29 is 9.90 Å². The molecule has 0 aliphatic rings. The number of rotatable bonds is 6. The minimum atomic E-state index is -0.774. The number of hydrogen-bond donors (Lipinski definition) is 1. The standard InChI is InChI=1S/C22H19BrO2/c23-21-9-5-4-8-19(21)17-11-13-18(14-12-17)20(22(24)25)15-10-16-6-2-1-3-7-16/h1-9,11-14,20H,10,15H2,(H,24,25). The number of aliphatic carboxylic acids is 1. The van der Waals surface area contributed by atoms with Gasteiger partial charge < -0.3 is 5.11 Å². The molecule has 1 N–H and O–H groups in total. The van der Waals surface area contributed by atoms with Crippen molar-refractivity contribution in [3.63, 3.8) is 0 Å². The average molecular weight is 395 g/mol. The Hall–Kier alpha value is -2.39. The largest absolute Gasteiger partial charge is 0.481 e. The number of carbonyl (C=O) groups is 1. The molecule has 0 aromatic heterocycles.